The predicted molar refractivity (Wildman–Crippen MR) is 106 cm³/mol. The number of ether oxygens (including phenoxy) is 1. The summed E-state index contributed by atoms with van der Waals surface area (Å²) in [6, 6.07) is 29.9. The van der Waals surface area contributed by atoms with Gasteiger partial charge in [0.1, 0.15) is 0 Å². The molecule has 6 heteroatoms. The van der Waals surface area contributed by atoms with E-state index in [1.54, 1.807) is 6.73 Å². The molecule has 0 unspecified atom stereocenters. The van der Waals surface area contributed by atoms with Crippen molar-refractivity contribution in [1.82, 2.24) is 25.5 Å². The summed E-state index contributed by atoms with van der Waals surface area (Å²) >= 11 is 0. The molecule has 2 radical (unpaired) electrons. The number of rotatable bonds is 3. The fourth-order valence-electron chi connectivity index (χ4n) is 2.71. The van der Waals surface area contributed by atoms with Crippen molar-refractivity contribution in [2.45, 2.75) is 0 Å². The molecule has 28 heavy (non-hydrogen) atoms. The topological polar surface area (TPSA) is 64.9 Å². The molecular formula is C22H17N5O. The number of hydrogen-bond acceptors (Lipinski definition) is 5. The van der Waals surface area contributed by atoms with E-state index >= 15 is 0 Å². The highest BCUT2D eigenvalue weighted by atomic mass is 16.5. The van der Waals surface area contributed by atoms with Gasteiger partial charge in [0.2, 0.25) is 13.1 Å². The van der Waals surface area contributed by atoms with Gasteiger partial charge in [-0.15, -0.1) is 5.10 Å². The molecule has 0 bridgehead atoms. The molecule has 0 aliphatic carbocycles. The van der Waals surface area contributed by atoms with Crippen molar-refractivity contribution in [3.63, 3.8) is 0 Å². The zero-order valence-electron chi connectivity index (χ0n) is 14.9. The fraction of sp³-hybridized carbons (Fsp3) is 0. The highest BCUT2D eigenvalue weighted by Gasteiger charge is 2.18. The second kappa shape index (κ2) is 8.64. The number of nitrogens with zero attached hydrogens (tertiary/aromatic N) is 4. The van der Waals surface area contributed by atoms with Gasteiger partial charge in [-0.05, 0) is 22.6 Å². The van der Waals surface area contributed by atoms with Crippen LogP contribution in [-0.2, 0) is 4.74 Å². The molecule has 1 aromatic heterocycles. The number of para-hydroxylation sites is 1. The third-order valence-corrected chi connectivity index (χ3v) is 4.02. The smallest absolute Gasteiger partial charge is 0.226 e. The molecule has 0 fully saturated rings. The van der Waals surface area contributed by atoms with Crippen LogP contribution < -0.4 is 5.32 Å². The largest absolute Gasteiger partial charge is 0.462 e. The van der Waals surface area contributed by atoms with E-state index in [9.17, 15) is 0 Å². The van der Waals surface area contributed by atoms with Gasteiger partial charge in [0.25, 0.3) is 0 Å². The van der Waals surface area contributed by atoms with Crippen LogP contribution in [0, 0.1) is 13.1 Å². The maximum absolute atomic E-state index is 5.55. The van der Waals surface area contributed by atoms with E-state index in [0.717, 1.165) is 28.3 Å². The Morgan fingerprint density at radius 1 is 0.750 bits per heavy atom. The van der Waals surface area contributed by atoms with Gasteiger partial charge in [0, 0.05) is 11.1 Å². The lowest BCUT2D eigenvalue weighted by Gasteiger charge is -2.05. The Morgan fingerprint density at radius 2 is 1.36 bits per heavy atom. The normalized spacial score (nSPS) is 12.6. The molecule has 0 spiro atoms. The van der Waals surface area contributed by atoms with Crippen molar-refractivity contribution in [2.24, 2.45) is 0 Å². The Bertz CT molecular complexity index is 967. The van der Waals surface area contributed by atoms with Crippen molar-refractivity contribution in [3.8, 4) is 5.69 Å². The number of aromatic nitrogens is 4. The van der Waals surface area contributed by atoms with E-state index in [0.29, 0.717) is 0 Å². The lowest BCUT2D eigenvalue weighted by atomic mass is 10.1. The Labute approximate surface area is 163 Å². The van der Waals surface area contributed by atoms with Crippen LogP contribution in [0.2, 0.25) is 0 Å². The predicted octanol–water partition coefficient (Wildman–Crippen LogP) is 3.71. The van der Waals surface area contributed by atoms with Crippen molar-refractivity contribution in [2.75, 3.05) is 0 Å². The molecular weight excluding hydrogens is 350 g/mol. The van der Waals surface area contributed by atoms with Gasteiger partial charge in [-0.25, -0.2) is 0 Å². The Hall–Kier alpha value is -3.93. The Morgan fingerprint density at radius 3 is 1.96 bits per heavy atom. The van der Waals surface area contributed by atoms with Crippen LogP contribution in [0.3, 0.4) is 0 Å². The third-order valence-electron chi connectivity index (χ3n) is 4.02. The van der Waals surface area contributed by atoms with Gasteiger partial charge in [0.05, 0.1) is 11.4 Å². The molecule has 136 valence electrons. The van der Waals surface area contributed by atoms with E-state index in [-0.39, 0.29) is 0 Å². The van der Waals surface area contributed by atoms with Gasteiger partial charge in [-0.1, -0.05) is 78.9 Å². The molecule has 5 rings (SSSR count). The van der Waals surface area contributed by atoms with E-state index in [1.165, 1.54) is 4.68 Å². The molecule has 6 nitrogen and oxygen atoms in total. The SMILES string of the molecule is [CH]1NC(c2ccccc2)=C(c2ccccc2)O1.[c]1nnnn1-c1ccccc1. The van der Waals surface area contributed by atoms with E-state index in [4.69, 9.17) is 4.74 Å². The lowest BCUT2D eigenvalue weighted by molar-refractivity contribution is 0.372. The quantitative estimate of drug-likeness (QED) is 0.598. The van der Waals surface area contributed by atoms with Crippen LogP contribution >= 0.6 is 0 Å². The van der Waals surface area contributed by atoms with Gasteiger partial charge in [0.15, 0.2) is 5.76 Å². The van der Waals surface area contributed by atoms with Crippen molar-refractivity contribution < 1.29 is 4.74 Å². The molecule has 0 atom stereocenters. The average Bonchev–Trinajstić information content (AvgIpc) is 3.49. The molecule has 0 saturated carbocycles. The maximum atomic E-state index is 5.55. The monoisotopic (exact) mass is 367 g/mol. The zero-order chi connectivity index (χ0) is 19.0. The number of nitrogens with one attached hydrogen (secondary N) is 1. The first-order valence-electron chi connectivity index (χ1n) is 8.73. The van der Waals surface area contributed by atoms with E-state index < -0.39 is 0 Å². The highest BCUT2D eigenvalue weighted by molar-refractivity contribution is 5.88. The fourth-order valence-corrected chi connectivity index (χ4v) is 2.71. The summed E-state index contributed by atoms with van der Waals surface area (Å²) in [6.45, 7) is 1.62. The summed E-state index contributed by atoms with van der Waals surface area (Å²) in [5, 5.41) is 13.7. The minimum absolute atomic E-state index is 0.872. The number of benzene rings is 3. The third kappa shape index (κ3) is 4.07. The minimum atomic E-state index is 0.872. The van der Waals surface area contributed by atoms with Gasteiger partial charge < -0.3 is 10.1 Å². The first kappa shape index (κ1) is 17.5. The van der Waals surface area contributed by atoms with Crippen LogP contribution in [0.15, 0.2) is 91.0 Å². The molecule has 3 aromatic carbocycles. The summed E-state index contributed by atoms with van der Waals surface area (Å²) in [5.74, 6) is 0.872. The van der Waals surface area contributed by atoms with Gasteiger partial charge in [-0.3, -0.25) is 0 Å². The second-order valence-electron chi connectivity index (χ2n) is 5.84. The minimum Gasteiger partial charge on any atom is -0.462 e. The molecule has 0 amide bonds. The van der Waals surface area contributed by atoms with Crippen molar-refractivity contribution in [3.05, 3.63) is 115 Å². The zero-order valence-corrected chi connectivity index (χ0v) is 14.9. The van der Waals surface area contributed by atoms with Crippen LogP contribution in [0.4, 0.5) is 0 Å². The molecule has 1 N–H and O–H groups in total. The summed E-state index contributed by atoms with van der Waals surface area (Å²) in [5.41, 5.74) is 4.13. The Kier molecular flexibility index (Phi) is 5.39. The summed E-state index contributed by atoms with van der Waals surface area (Å²) in [6.07, 6.45) is 2.60. The highest BCUT2D eigenvalue weighted by Crippen LogP contribution is 2.30. The first-order chi connectivity index (χ1) is 13.9. The van der Waals surface area contributed by atoms with Gasteiger partial charge in [-0.2, -0.15) is 4.68 Å². The van der Waals surface area contributed by atoms with E-state index in [2.05, 4.69) is 39.3 Å². The summed E-state index contributed by atoms with van der Waals surface area (Å²) in [4.78, 5) is 0. The molecule has 4 aromatic rings. The lowest BCUT2D eigenvalue weighted by Crippen LogP contribution is -2.01. The number of hydrogen-bond donors (Lipinski definition) is 1. The second-order valence-corrected chi connectivity index (χ2v) is 5.84. The Balaban J connectivity index is 0.000000151. The first-order valence-corrected chi connectivity index (χ1v) is 8.73. The van der Waals surface area contributed by atoms with Crippen molar-refractivity contribution >= 4 is 11.5 Å². The molecule has 0 saturated heterocycles. The van der Waals surface area contributed by atoms with Crippen LogP contribution in [0.1, 0.15) is 11.1 Å². The standard InChI is InChI=1S/C15H12NO.C7H5N4/c1-3-7-12(8-4-1)14-15(17-11-16-14)13-9-5-2-6-10-13;1-2-4-7(5-3-1)11-6-8-9-10-11/h1-11,16H;1-5H. The summed E-state index contributed by atoms with van der Waals surface area (Å²) < 4.78 is 7.04. The van der Waals surface area contributed by atoms with Crippen LogP contribution in [0.25, 0.3) is 17.1 Å². The molecule has 1 aliphatic rings. The van der Waals surface area contributed by atoms with Crippen LogP contribution in [-0.4, -0.2) is 20.2 Å². The van der Waals surface area contributed by atoms with E-state index in [1.807, 2.05) is 78.9 Å². The van der Waals surface area contributed by atoms with Crippen molar-refractivity contribution in [1.29, 1.82) is 0 Å². The van der Waals surface area contributed by atoms with Gasteiger partial charge >= 0.3 is 0 Å². The van der Waals surface area contributed by atoms with Crippen LogP contribution in [0.5, 0.6) is 0 Å². The maximum Gasteiger partial charge on any atom is 0.226 e. The average molecular weight is 367 g/mol. The summed E-state index contributed by atoms with van der Waals surface area (Å²) in [7, 11) is 0. The number of tetrazole rings is 1. The molecule has 2 heterocycles. The molecule has 1 aliphatic heterocycles.